The van der Waals surface area contributed by atoms with Gasteiger partial charge in [0.15, 0.2) is 0 Å². The Hall–Kier alpha value is -1.98. The Balaban J connectivity index is 2.13. The number of nitrogens with one attached hydrogen (secondary N) is 1. The van der Waals surface area contributed by atoms with Gasteiger partial charge in [-0.05, 0) is 31.0 Å². The minimum Gasteiger partial charge on any atom is -0.386 e. The third kappa shape index (κ3) is 4.52. The normalized spacial score (nSPS) is 14.7. The smallest absolute Gasteiger partial charge is 0.238 e. The molecule has 4 nitrogen and oxygen atoms in total. The van der Waals surface area contributed by atoms with Crippen LogP contribution >= 0.6 is 11.6 Å². The second-order valence-corrected chi connectivity index (χ2v) is 6.30. The van der Waals surface area contributed by atoms with Gasteiger partial charge in [-0.1, -0.05) is 30.3 Å². The Bertz CT molecular complexity index is 674. The number of hydrogen-bond donors (Lipinski definition) is 2. The number of halogens is 2. The molecule has 1 aromatic heterocycles. The van der Waals surface area contributed by atoms with Gasteiger partial charge in [0.25, 0.3) is 0 Å². The Labute approximate surface area is 145 Å². The van der Waals surface area contributed by atoms with Crippen LogP contribution in [0.2, 0.25) is 0 Å². The first kappa shape index (κ1) is 18.4. The Morgan fingerprint density at radius 2 is 1.88 bits per heavy atom. The molecule has 1 amide bonds. The number of rotatable bonds is 6. The van der Waals surface area contributed by atoms with Crippen molar-refractivity contribution < 1.29 is 14.3 Å². The van der Waals surface area contributed by atoms with E-state index in [0.717, 1.165) is 16.8 Å². The third-order valence-corrected chi connectivity index (χ3v) is 3.93. The van der Waals surface area contributed by atoms with Crippen molar-refractivity contribution in [3.8, 4) is 11.1 Å². The number of pyridine rings is 1. The maximum atomic E-state index is 13.2. The summed E-state index contributed by atoms with van der Waals surface area (Å²) in [5, 5.41) is 11.9. The Morgan fingerprint density at radius 1 is 1.25 bits per heavy atom. The molecule has 0 saturated heterocycles. The lowest BCUT2D eigenvalue weighted by atomic mass is 9.99. The number of benzene rings is 1. The van der Waals surface area contributed by atoms with E-state index in [-0.39, 0.29) is 0 Å². The minimum atomic E-state index is -1.15. The van der Waals surface area contributed by atoms with Gasteiger partial charge in [0.2, 0.25) is 5.91 Å². The zero-order valence-electron chi connectivity index (χ0n) is 13.5. The van der Waals surface area contributed by atoms with E-state index in [4.69, 9.17) is 11.6 Å². The number of carbonyl (C=O) groups is 1. The van der Waals surface area contributed by atoms with Gasteiger partial charge >= 0.3 is 0 Å². The average Bonchev–Trinajstić information content (AvgIpc) is 2.59. The van der Waals surface area contributed by atoms with Crippen molar-refractivity contribution in [1.29, 1.82) is 0 Å². The summed E-state index contributed by atoms with van der Waals surface area (Å²) in [5.41, 5.74) is 3.34. The molecule has 0 aliphatic rings. The molecule has 0 radical (unpaired) electrons. The molecule has 128 valence electrons. The summed E-state index contributed by atoms with van der Waals surface area (Å²) in [6, 6.07) is 9.90. The van der Waals surface area contributed by atoms with E-state index < -0.39 is 30.1 Å². The Kier molecular flexibility index (Phi) is 6.29. The van der Waals surface area contributed by atoms with Gasteiger partial charge in [0.1, 0.15) is 18.2 Å². The van der Waals surface area contributed by atoms with Crippen LogP contribution in [-0.2, 0) is 4.79 Å². The number of alkyl halides is 2. The van der Waals surface area contributed by atoms with Crippen LogP contribution in [0.15, 0.2) is 42.6 Å². The van der Waals surface area contributed by atoms with Crippen LogP contribution in [0.3, 0.4) is 0 Å². The summed E-state index contributed by atoms with van der Waals surface area (Å²) in [7, 11) is 0. The molecule has 24 heavy (non-hydrogen) atoms. The highest BCUT2D eigenvalue weighted by atomic mass is 35.5. The fourth-order valence-electron chi connectivity index (χ4n) is 2.24. The number of aliphatic hydroxyl groups excluding tert-OH is 1. The van der Waals surface area contributed by atoms with E-state index in [1.165, 1.54) is 6.92 Å². The topological polar surface area (TPSA) is 62.2 Å². The van der Waals surface area contributed by atoms with Crippen molar-refractivity contribution in [2.45, 2.75) is 31.4 Å². The summed E-state index contributed by atoms with van der Waals surface area (Å²) < 4.78 is 13.2. The standard InChI is InChI=1S/C18H20ClFN2O2/c1-11-3-4-15(10-21-11)13-5-7-14(8-6-13)17(23)16(9-20)22-18(24)12(2)19/h3-8,10,12,16-17,23H,9H2,1-2H3,(H,22,24). The number of aromatic nitrogens is 1. The van der Waals surface area contributed by atoms with Crippen molar-refractivity contribution >= 4 is 17.5 Å². The first-order chi connectivity index (χ1) is 11.4. The molecule has 1 heterocycles. The monoisotopic (exact) mass is 350 g/mol. The molecule has 6 heteroatoms. The molecule has 3 atom stereocenters. The van der Waals surface area contributed by atoms with E-state index in [2.05, 4.69) is 10.3 Å². The highest BCUT2D eigenvalue weighted by Gasteiger charge is 2.24. The van der Waals surface area contributed by atoms with E-state index in [0.29, 0.717) is 5.56 Å². The van der Waals surface area contributed by atoms with Crippen LogP contribution in [0.25, 0.3) is 11.1 Å². The van der Waals surface area contributed by atoms with Crippen LogP contribution in [0.4, 0.5) is 4.39 Å². The van der Waals surface area contributed by atoms with Crippen molar-refractivity contribution in [3.05, 3.63) is 53.9 Å². The summed E-state index contributed by atoms with van der Waals surface area (Å²) in [4.78, 5) is 15.8. The Morgan fingerprint density at radius 3 is 2.38 bits per heavy atom. The number of aryl methyl sites for hydroxylation is 1. The quantitative estimate of drug-likeness (QED) is 0.786. The van der Waals surface area contributed by atoms with Crippen LogP contribution in [0.5, 0.6) is 0 Å². The van der Waals surface area contributed by atoms with Gasteiger partial charge in [-0.25, -0.2) is 4.39 Å². The number of aliphatic hydroxyl groups is 1. The van der Waals surface area contributed by atoms with Gasteiger partial charge in [-0.2, -0.15) is 0 Å². The maximum absolute atomic E-state index is 13.2. The molecule has 3 unspecified atom stereocenters. The fourth-order valence-corrected chi connectivity index (χ4v) is 2.31. The van der Waals surface area contributed by atoms with Crippen LogP contribution in [-0.4, -0.2) is 34.1 Å². The average molecular weight is 351 g/mol. The number of amides is 1. The largest absolute Gasteiger partial charge is 0.386 e. The minimum absolute atomic E-state index is 0.513. The lowest BCUT2D eigenvalue weighted by molar-refractivity contribution is -0.122. The van der Waals surface area contributed by atoms with Crippen LogP contribution in [0, 0.1) is 6.92 Å². The molecule has 2 aromatic rings. The maximum Gasteiger partial charge on any atom is 0.238 e. The molecule has 0 aliphatic carbocycles. The number of carbonyl (C=O) groups excluding carboxylic acids is 1. The lowest BCUT2D eigenvalue weighted by Gasteiger charge is -2.22. The molecule has 0 fully saturated rings. The van der Waals surface area contributed by atoms with Gasteiger partial charge < -0.3 is 10.4 Å². The molecule has 1 aromatic carbocycles. The second-order valence-electron chi connectivity index (χ2n) is 5.64. The van der Waals surface area contributed by atoms with Gasteiger partial charge in [-0.15, -0.1) is 11.6 Å². The van der Waals surface area contributed by atoms with Gasteiger partial charge in [-0.3, -0.25) is 9.78 Å². The molecule has 0 saturated carbocycles. The fraction of sp³-hybridized carbons (Fsp3) is 0.333. The van der Waals surface area contributed by atoms with E-state index in [1.54, 1.807) is 18.3 Å². The molecule has 0 aliphatic heterocycles. The number of nitrogens with zero attached hydrogens (tertiary/aromatic N) is 1. The first-order valence-corrected chi connectivity index (χ1v) is 8.07. The van der Waals surface area contributed by atoms with Crippen LogP contribution < -0.4 is 5.32 Å². The molecular formula is C18H20ClFN2O2. The lowest BCUT2D eigenvalue weighted by Crippen LogP contribution is -2.43. The summed E-state index contributed by atoms with van der Waals surface area (Å²) in [6.45, 7) is 2.51. The third-order valence-electron chi connectivity index (χ3n) is 3.73. The summed E-state index contributed by atoms with van der Waals surface area (Å²) in [5.74, 6) is -0.513. The van der Waals surface area contributed by atoms with Crippen molar-refractivity contribution in [2.75, 3.05) is 6.67 Å². The molecule has 0 bridgehead atoms. The van der Waals surface area contributed by atoms with E-state index in [9.17, 15) is 14.3 Å². The van der Waals surface area contributed by atoms with Crippen molar-refractivity contribution in [2.24, 2.45) is 0 Å². The molecule has 2 N–H and O–H groups in total. The molecular weight excluding hydrogens is 331 g/mol. The highest BCUT2D eigenvalue weighted by Crippen LogP contribution is 2.23. The van der Waals surface area contributed by atoms with Crippen molar-refractivity contribution in [3.63, 3.8) is 0 Å². The molecule has 0 spiro atoms. The SMILES string of the molecule is Cc1ccc(-c2ccc(C(O)C(CF)NC(=O)C(C)Cl)cc2)cn1. The van der Waals surface area contributed by atoms with Crippen molar-refractivity contribution in [1.82, 2.24) is 10.3 Å². The summed E-state index contributed by atoms with van der Waals surface area (Å²) >= 11 is 5.66. The zero-order valence-corrected chi connectivity index (χ0v) is 14.3. The number of hydrogen-bond acceptors (Lipinski definition) is 3. The first-order valence-electron chi connectivity index (χ1n) is 7.64. The predicted octanol–water partition coefficient (Wildman–Crippen LogP) is 3.17. The van der Waals surface area contributed by atoms with E-state index in [1.807, 2.05) is 31.2 Å². The van der Waals surface area contributed by atoms with Gasteiger partial charge in [0, 0.05) is 17.5 Å². The van der Waals surface area contributed by atoms with Gasteiger partial charge in [0.05, 0.1) is 6.04 Å². The zero-order chi connectivity index (χ0) is 17.7. The highest BCUT2D eigenvalue weighted by molar-refractivity contribution is 6.30. The second kappa shape index (κ2) is 8.22. The predicted molar refractivity (Wildman–Crippen MR) is 92.6 cm³/mol. The van der Waals surface area contributed by atoms with E-state index >= 15 is 0 Å². The molecule has 2 rings (SSSR count). The summed E-state index contributed by atoms with van der Waals surface area (Å²) in [6.07, 6.45) is 0.618. The van der Waals surface area contributed by atoms with Crippen LogP contribution in [0.1, 0.15) is 24.3 Å².